The van der Waals surface area contributed by atoms with E-state index in [0.717, 1.165) is 11.3 Å². The molecule has 0 radical (unpaired) electrons. The molecule has 1 N–H and O–H groups in total. The second kappa shape index (κ2) is 5.79. The summed E-state index contributed by atoms with van der Waals surface area (Å²) in [6.07, 6.45) is 0. The molecule has 0 atom stereocenters. The number of nitro benzene ring substituents is 1. The fourth-order valence-electron chi connectivity index (χ4n) is 1.39. The van der Waals surface area contributed by atoms with Crippen LogP contribution >= 0.6 is 11.3 Å². The minimum absolute atomic E-state index is 0.163. The molecule has 0 saturated carbocycles. The maximum atomic E-state index is 13.5. The van der Waals surface area contributed by atoms with E-state index in [1.165, 1.54) is 5.38 Å². The highest BCUT2D eigenvalue weighted by Gasteiger charge is 2.19. The number of carboxylic acids is 1. The van der Waals surface area contributed by atoms with E-state index in [1.807, 2.05) is 0 Å². The lowest BCUT2D eigenvalue weighted by Gasteiger charge is -2.05. The maximum absolute atomic E-state index is 13.5. The molecule has 0 bridgehead atoms. The number of benzene rings is 1. The van der Waals surface area contributed by atoms with Crippen LogP contribution < -0.4 is 4.74 Å². The Bertz CT molecular complexity index is 719. The molecule has 0 aliphatic heterocycles. The van der Waals surface area contributed by atoms with Gasteiger partial charge < -0.3 is 9.84 Å². The number of carboxylic acid groups (broad SMARTS) is 1. The number of nitrogens with zero attached hydrogens (tertiary/aromatic N) is 2. The number of aromatic nitrogens is 1. The quantitative estimate of drug-likeness (QED) is 0.672. The summed E-state index contributed by atoms with van der Waals surface area (Å²) >= 11 is 0.859. The van der Waals surface area contributed by atoms with E-state index in [9.17, 15) is 23.7 Å². The summed E-state index contributed by atoms with van der Waals surface area (Å²) in [5.74, 6) is -4.07. The highest BCUT2D eigenvalue weighted by Crippen LogP contribution is 2.27. The molecule has 0 amide bonds. The van der Waals surface area contributed by atoms with Gasteiger partial charge in [-0.25, -0.2) is 14.2 Å². The summed E-state index contributed by atoms with van der Waals surface area (Å²) in [5, 5.41) is 20.3. The molecule has 0 spiro atoms. The molecule has 1 aromatic carbocycles. The predicted molar refractivity (Wildman–Crippen MR) is 66.4 cm³/mol. The average Bonchev–Trinajstić information content (AvgIpc) is 2.88. The van der Waals surface area contributed by atoms with Crippen LogP contribution in [0.1, 0.15) is 15.5 Å². The number of rotatable bonds is 5. The monoisotopic (exact) mass is 316 g/mol. The average molecular weight is 316 g/mol. The highest BCUT2D eigenvalue weighted by molar-refractivity contribution is 7.11. The van der Waals surface area contributed by atoms with Crippen molar-refractivity contribution in [3.05, 3.63) is 50.0 Å². The smallest absolute Gasteiger partial charge is 0.365 e. The van der Waals surface area contributed by atoms with Gasteiger partial charge in [0.15, 0.2) is 11.6 Å². The SMILES string of the molecule is O=C(O)c1nc(COc2cc(F)c([N+](=O)[O-])cc2F)cs1. The van der Waals surface area contributed by atoms with E-state index >= 15 is 0 Å². The zero-order chi connectivity index (χ0) is 15.6. The summed E-state index contributed by atoms with van der Waals surface area (Å²) in [6, 6.07) is 0.965. The zero-order valence-electron chi connectivity index (χ0n) is 10.1. The number of halogens is 2. The van der Waals surface area contributed by atoms with Crippen molar-refractivity contribution in [2.24, 2.45) is 0 Å². The van der Waals surface area contributed by atoms with Gasteiger partial charge in [0.05, 0.1) is 16.7 Å². The van der Waals surface area contributed by atoms with Crippen molar-refractivity contribution in [1.29, 1.82) is 0 Å². The number of nitro groups is 1. The summed E-state index contributed by atoms with van der Waals surface area (Å²) < 4.78 is 31.8. The first-order valence-corrected chi connectivity index (χ1v) is 6.20. The van der Waals surface area contributed by atoms with Gasteiger partial charge in [-0.05, 0) is 0 Å². The van der Waals surface area contributed by atoms with Crippen molar-refractivity contribution in [2.45, 2.75) is 6.61 Å². The summed E-state index contributed by atoms with van der Waals surface area (Å²) in [4.78, 5) is 23.7. The largest absolute Gasteiger partial charge is 0.484 e. The molecular weight excluding hydrogens is 310 g/mol. The van der Waals surface area contributed by atoms with E-state index in [2.05, 4.69) is 4.98 Å². The molecule has 1 aromatic heterocycles. The van der Waals surface area contributed by atoms with E-state index < -0.39 is 34.0 Å². The van der Waals surface area contributed by atoms with Crippen LogP contribution in [-0.4, -0.2) is 21.0 Å². The first-order valence-electron chi connectivity index (χ1n) is 5.32. The second-order valence-electron chi connectivity index (χ2n) is 3.73. The number of hydrogen-bond acceptors (Lipinski definition) is 6. The molecule has 21 heavy (non-hydrogen) atoms. The predicted octanol–water partition coefficient (Wildman–Crippen LogP) is 2.61. The number of thiazole rings is 1. The van der Waals surface area contributed by atoms with Crippen LogP contribution in [0, 0.1) is 21.7 Å². The molecular formula is C11H6F2N2O5S. The molecule has 110 valence electrons. The van der Waals surface area contributed by atoms with Crippen molar-refractivity contribution in [1.82, 2.24) is 4.98 Å². The second-order valence-corrected chi connectivity index (χ2v) is 4.59. The molecule has 0 fully saturated rings. The molecule has 1 heterocycles. The minimum atomic E-state index is -1.24. The van der Waals surface area contributed by atoms with Crippen LogP contribution in [0.5, 0.6) is 5.75 Å². The van der Waals surface area contributed by atoms with Gasteiger partial charge in [0.2, 0.25) is 10.8 Å². The fraction of sp³-hybridized carbons (Fsp3) is 0.0909. The fourth-order valence-corrected chi connectivity index (χ4v) is 2.03. The summed E-state index contributed by atoms with van der Waals surface area (Å²) in [5.41, 5.74) is -0.780. The van der Waals surface area contributed by atoms with Gasteiger partial charge in [0.1, 0.15) is 6.61 Å². The van der Waals surface area contributed by atoms with Crippen LogP contribution in [0.4, 0.5) is 14.5 Å². The van der Waals surface area contributed by atoms with Crippen LogP contribution in [0.25, 0.3) is 0 Å². The number of ether oxygens (including phenoxy) is 1. The van der Waals surface area contributed by atoms with Crippen LogP contribution in [-0.2, 0) is 6.61 Å². The van der Waals surface area contributed by atoms with Crippen LogP contribution in [0.2, 0.25) is 0 Å². The number of hydrogen-bond donors (Lipinski definition) is 1. The van der Waals surface area contributed by atoms with Gasteiger partial charge in [0.25, 0.3) is 0 Å². The molecule has 0 aliphatic rings. The van der Waals surface area contributed by atoms with Gasteiger partial charge in [-0.3, -0.25) is 10.1 Å². The third-order valence-electron chi connectivity index (χ3n) is 2.31. The molecule has 2 aromatic rings. The van der Waals surface area contributed by atoms with Crippen molar-refractivity contribution in [3.8, 4) is 5.75 Å². The van der Waals surface area contributed by atoms with Crippen molar-refractivity contribution < 1.29 is 28.3 Å². The lowest BCUT2D eigenvalue weighted by Crippen LogP contribution is -2.02. The topological polar surface area (TPSA) is 103 Å². The molecule has 0 aliphatic carbocycles. The van der Waals surface area contributed by atoms with Gasteiger partial charge in [-0.2, -0.15) is 4.39 Å². The van der Waals surface area contributed by atoms with Crippen molar-refractivity contribution >= 4 is 23.0 Å². The Hall–Kier alpha value is -2.62. The molecule has 7 nitrogen and oxygen atoms in total. The van der Waals surface area contributed by atoms with Crippen molar-refractivity contribution in [2.75, 3.05) is 0 Å². The van der Waals surface area contributed by atoms with E-state index in [4.69, 9.17) is 9.84 Å². The molecule has 10 heteroatoms. The van der Waals surface area contributed by atoms with E-state index in [1.54, 1.807) is 0 Å². The Labute approximate surface area is 119 Å². The van der Waals surface area contributed by atoms with Gasteiger partial charge in [-0.15, -0.1) is 11.3 Å². The standard InChI is InChI=1S/C11H6F2N2O5S/c12-6-2-9(7(13)1-8(6)15(18)19)20-3-5-4-21-10(14-5)11(16)17/h1-2,4H,3H2,(H,16,17). The lowest BCUT2D eigenvalue weighted by atomic mass is 10.3. The molecule has 2 rings (SSSR count). The third kappa shape index (κ3) is 3.28. The Balaban J connectivity index is 2.14. The Morgan fingerprint density at radius 3 is 2.71 bits per heavy atom. The first kappa shape index (κ1) is 14.8. The van der Waals surface area contributed by atoms with E-state index in [0.29, 0.717) is 12.1 Å². The first-order chi connectivity index (χ1) is 9.88. The highest BCUT2D eigenvalue weighted by atomic mass is 32.1. The Morgan fingerprint density at radius 2 is 2.14 bits per heavy atom. The summed E-state index contributed by atoms with van der Waals surface area (Å²) in [6.45, 7) is -0.294. The maximum Gasteiger partial charge on any atom is 0.365 e. The van der Waals surface area contributed by atoms with Crippen LogP contribution in [0.3, 0.4) is 0 Å². The molecule has 0 saturated heterocycles. The zero-order valence-corrected chi connectivity index (χ0v) is 10.9. The normalized spacial score (nSPS) is 10.4. The van der Waals surface area contributed by atoms with Crippen LogP contribution in [0.15, 0.2) is 17.5 Å². The van der Waals surface area contributed by atoms with E-state index in [-0.39, 0.29) is 17.3 Å². The number of carbonyl (C=O) groups is 1. The van der Waals surface area contributed by atoms with Gasteiger partial charge in [0, 0.05) is 11.4 Å². The van der Waals surface area contributed by atoms with Crippen molar-refractivity contribution in [3.63, 3.8) is 0 Å². The van der Waals surface area contributed by atoms with Gasteiger partial charge in [-0.1, -0.05) is 0 Å². The minimum Gasteiger partial charge on any atom is -0.484 e. The van der Waals surface area contributed by atoms with Gasteiger partial charge >= 0.3 is 11.7 Å². The number of aromatic carboxylic acids is 1. The summed E-state index contributed by atoms with van der Waals surface area (Å²) in [7, 11) is 0. The molecule has 0 unspecified atom stereocenters. The Morgan fingerprint density at radius 1 is 1.43 bits per heavy atom. The third-order valence-corrected chi connectivity index (χ3v) is 3.19. The Kier molecular flexibility index (Phi) is 4.08. The lowest BCUT2D eigenvalue weighted by molar-refractivity contribution is -0.387.